The third kappa shape index (κ3) is 9.37. The zero-order chi connectivity index (χ0) is 37.9. The standard InChI is InChI=1S/C27H46O.C18H14Cl4N2O/c1-18(2)7-6-8-19(3)23-11-12-24-22-10-9-20-17-21(28)13-15-26(20,4)25(22)14-16-27(23,24)5;19-13-2-1-12(16(21)7-13)10-25-18(9-24-6-5-23-11-24)15-4-3-14(20)8-17(15)22/h9,18-19,21-25,28H,6-8,10-17H2,1-5H3;1-8,11,18H,9-10H2/t19-,21+,22+,23-,24+,25+,26+,27-;/m1./s1. The van der Waals surface area contributed by atoms with Gasteiger partial charge in [-0.25, -0.2) is 4.98 Å². The van der Waals surface area contributed by atoms with Crippen LogP contribution in [0.25, 0.3) is 0 Å². The van der Waals surface area contributed by atoms with E-state index in [4.69, 9.17) is 51.1 Å². The van der Waals surface area contributed by atoms with E-state index in [1.165, 1.54) is 57.8 Å². The molecule has 3 saturated carbocycles. The Morgan fingerprint density at radius 1 is 0.906 bits per heavy atom. The van der Waals surface area contributed by atoms with Gasteiger partial charge in [-0.05, 0) is 128 Å². The summed E-state index contributed by atoms with van der Waals surface area (Å²) in [6, 6.07) is 10.7. The first kappa shape index (κ1) is 41.1. The second-order valence-corrected chi connectivity index (χ2v) is 19.3. The molecule has 53 heavy (non-hydrogen) atoms. The third-order valence-corrected chi connectivity index (χ3v) is 15.1. The molecule has 4 nitrogen and oxygen atoms in total. The molecular formula is C45H60Cl4N2O2. The van der Waals surface area contributed by atoms with E-state index in [0.29, 0.717) is 44.1 Å². The summed E-state index contributed by atoms with van der Waals surface area (Å²) in [5.41, 5.74) is 4.31. The number of aliphatic hydroxyl groups excluding tert-OH is 1. The molecule has 8 heteroatoms. The maximum atomic E-state index is 10.2. The van der Waals surface area contributed by atoms with Crippen LogP contribution in [0, 0.1) is 46.3 Å². The van der Waals surface area contributed by atoms with Gasteiger partial charge in [-0.2, -0.15) is 0 Å². The van der Waals surface area contributed by atoms with Crippen LogP contribution in [0.3, 0.4) is 0 Å². The lowest BCUT2D eigenvalue weighted by molar-refractivity contribution is -0.0573. The fourth-order valence-corrected chi connectivity index (χ4v) is 12.1. The lowest BCUT2D eigenvalue weighted by Gasteiger charge is -2.58. The van der Waals surface area contributed by atoms with E-state index in [1.54, 1.807) is 42.4 Å². The summed E-state index contributed by atoms with van der Waals surface area (Å²) >= 11 is 24.5. The number of hydrogen-bond donors (Lipinski definition) is 1. The summed E-state index contributed by atoms with van der Waals surface area (Å²) in [5.74, 6) is 5.46. The van der Waals surface area contributed by atoms with Crippen LogP contribution >= 0.6 is 46.4 Å². The Morgan fingerprint density at radius 3 is 2.36 bits per heavy atom. The predicted octanol–water partition coefficient (Wildman–Crippen LogP) is 13.8. The summed E-state index contributed by atoms with van der Waals surface area (Å²) < 4.78 is 8.05. The molecule has 0 spiro atoms. The third-order valence-electron chi connectivity index (χ3n) is 14.0. The molecule has 0 saturated heterocycles. The average molecular weight is 803 g/mol. The zero-order valence-electron chi connectivity index (χ0n) is 32.3. The number of aromatic nitrogens is 2. The molecule has 4 aliphatic rings. The van der Waals surface area contributed by atoms with Gasteiger partial charge in [0.15, 0.2) is 0 Å². The zero-order valence-corrected chi connectivity index (χ0v) is 35.4. The number of allylic oxidation sites excluding steroid dienone is 1. The number of rotatable bonds is 11. The maximum Gasteiger partial charge on any atom is 0.102 e. The van der Waals surface area contributed by atoms with Crippen molar-refractivity contribution in [3.63, 3.8) is 0 Å². The number of nitrogens with zero attached hydrogens (tertiary/aromatic N) is 2. The van der Waals surface area contributed by atoms with Gasteiger partial charge in [-0.1, -0.05) is 124 Å². The van der Waals surface area contributed by atoms with Crippen LogP contribution in [0.5, 0.6) is 0 Å². The number of fused-ring (bicyclic) bond motifs is 5. The number of aliphatic hydroxyl groups is 1. The van der Waals surface area contributed by atoms with Crippen molar-refractivity contribution in [3.8, 4) is 0 Å². The Morgan fingerprint density at radius 2 is 1.66 bits per heavy atom. The summed E-state index contributed by atoms with van der Waals surface area (Å²) in [6.07, 6.45) is 22.2. The lowest BCUT2D eigenvalue weighted by atomic mass is 9.47. The van der Waals surface area contributed by atoms with Crippen molar-refractivity contribution in [2.24, 2.45) is 46.3 Å². The molecule has 7 rings (SSSR count). The van der Waals surface area contributed by atoms with Crippen molar-refractivity contribution >= 4 is 46.4 Å². The van der Waals surface area contributed by atoms with Crippen LogP contribution in [0.4, 0.5) is 0 Å². The van der Waals surface area contributed by atoms with Crippen LogP contribution in [-0.2, 0) is 17.9 Å². The monoisotopic (exact) mass is 800 g/mol. The van der Waals surface area contributed by atoms with Crippen molar-refractivity contribution in [2.75, 3.05) is 0 Å². The van der Waals surface area contributed by atoms with Gasteiger partial charge in [-0.15, -0.1) is 0 Å². The molecule has 3 fully saturated rings. The molecule has 1 heterocycles. The predicted molar refractivity (Wildman–Crippen MR) is 222 cm³/mol. The molecule has 9 atom stereocenters. The Labute approximate surface area is 339 Å². The molecule has 0 bridgehead atoms. The average Bonchev–Trinajstić information content (AvgIpc) is 3.75. The van der Waals surface area contributed by atoms with E-state index in [9.17, 15) is 5.11 Å². The van der Waals surface area contributed by atoms with Crippen molar-refractivity contribution in [2.45, 2.75) is 131 Å². The fraction of sp³-hybridized carbons (Fsp3) is 0.622. The van der Waals surface area contributed by atoms with Gasteiger partial charge in [0.1, 0.15) is 6.10 Å². The Balaban J connectivity index is 0.000000183. The van der Waals surface area contributed by atoms with E-state index in [-0.39, 0.29) is 12.2 Å². The highest BCUT2D eigenvalue weighted by atomic mass is 35.5. The Kier molecular flexibility index (Phi) is 13.8. The van der Waals surface area contributed by atoms with Crippen molar-refractivity contribution < 1.29 is 9.84 Å². The molecule has 3 aromatic rings. The van der Waals surface area contributed by atoms with Crippen LogP contribution in [0.2, 0.25) is 20.1 Å². The van der Waals surface area contributed by atoms with Crippen LogP contribution in [0.1, 0.15) is 122 Å². The first-order chi connectivity index (χ1) is 25.3. The number of benzene rings is 2. The van der Waals surface area contributed by atoms with Gasteiger partial charge in [0.2, 0.25) is 0 Å². The van der Waals surface area contributed by atoms with E-state index < -0.39 is 0 Å². The minimum absolute atomic E-state index is 0.0766. The van der Waals surface area contributed by atoms with Crippen LogP contribution in [0.15, 0.2) is 66.8 Å². The SMILES string of the molecule is CC(C)CCC[C@@H](C)[C@H]1CC[C@H]2[C@@H]3CC=C4C[C@@H](O)CC[C@]4(C)[C@H]3CC[C@]12C.Clc1ccc(COC(Cn2ccnc2)c2ccc(Cl)cc2Cl)c(Cl)c1. The Bertz CT molecular complexity index is 1690. The van der Waals surface area contributed by atoms with Gasteiger partial charge in [0, 0.05) is 38.0 Å². The lowest BCUT2D eigenvalue weighted by Crippen LogP contribution is -2.50. The summed E-state index contributed by atoms with van der Waals surface area (Å²) in [6.45, 7) is 13.5. The number of imidazole rings is 1. The number of hydrogen-bond acceptors (Lipinski definition) is 3. The molecule has 1 aromatic heterocycles. The summed E-state index contributed by atoms with van der Waals surface area (Å²) in [7, 11) is 0. The van der Waals surface area contributed by atoms with Crippen LogP contribution < -0.4 is 0 Å². The van der Waals surface area contributed by atoms with Crippen LogP contribution in [-0.4, -0.2) is 20.8 Å². The highest BCUT2D eigenvalue weighted by molar-refractivity contribution is 6.35. The summed E-state index contributed by atoms with van der Waals surface area (Å²) in [4.78, 5) is 4.07. The molecule has 2 aromatic carbocycles. The van der Waals surface area contributed by atoms with Gasteiger partial charge in [0.05, 0.1) is 25.6 Å². The smallest absolute Gasteiger partial charge is 0.102 e. The minimum atomic E-state index is -0.286. The molecule has 0 aliphatic heterocycles. The van der Waals surface area contributed by atoms with E-state index in [2.05, 4.69) is 45.7 Å². The van der Waals surface area contributed by atoms with Crippen molar-refractivity contribution in [3.05, 3.63) is 98.0 Å². The summed E-state index contributed by atoms with van der Waals surface area (Å²) in [5, 5.41) is 12.5. The van der Waals surface area contributed by atoms with E-state index in [0.717, 1.165) is 59.5 Å². The largest absolute Gasteiger partial charge is 0.393 e. The maximum absolute atomic E-state index is 10.2. The molecule has 1 N–H and O–H groups in total. The topological polar surface area (TPSA) is 47.3 Å². The number of halogens is 4. The highest BCUT2D eigenvalue weighted by Crippen LogP contribution is 2.67. The molecule has 1 unspecified atom stereocenters. The highest BCUT2D eigenvalue weighted by Gasteiger charge is 2.59. The first-order valence-electron chi connectivity index (χ1n) is 20.1. The second kappa shape index (κ2) is 17.7. The first-order valence-corrected chi connectivity index (χ1v) is 21.6. The fourth-order valence-electron chi connectivity index (χ4n) is 11.1. The quantitative estimate of drug-likeness (QED) is 0.196. The van der Waals surface area contributed by atoms with Gasteiger partial charge < -0.3 is 14.4 Å². The molecule has 4 aliphatic carbocycles. The minimum Gasteiger partial charge on any atom is -0.393 e. The molecular weight excluding hydrogens is 742 g/mol. The van der Waals surface area contributed by atoms with Crippen molar-refractivity contribution in [1.82, 2.24) is 9.55 Å². The van der Waals surface area contributed by atoms with Gasteiger partial charge >= 0.3 is 0 Å². The second-order valence-electron chi connectivity index (χ2n) is 17.6. The molecule has 290 valence electrons. The van der Waals surface area contributed by atoms with Gasteiger partial charge in [0.25, 0.3) is 0 Å². The van der Waals surface area contributed by atoms with E-state index in [1.807, 2.05) is 22.9 Å². The molecule has 0 amide bonds. The Hall–Kier alpha value is -1.53. The normalized spacial score (nSPS) is 30.4. The van der Waals surface area contributed by atoms with Crippen molar-refractivity contribution in [1.29, 1.82) is 0 Å². The molecule has 0 radical (unpaired) electrons. The van der Waals surface area contributed by atoms with E-state index >= 15 is 0 Å². The van der Waals surface area contributed by atoms with Gasteiger partial charge in [-0.3, -0.25) is 0 Å². The number of ether oxygens (including phenoxy) is 1.